The minimum atomic E-state index is -0.0367. The molecule has 162 valence electrons. The molecule has 1 atom stereocenters. The minimum Gasteiger partial charge on any atom is -0.497 e. The summed E-state index contributed by atoms with van der Waals surface area (Å²) in [6.07, 6.45) is -0.0367. The lowest BCUT2D eigenvalue weighted by Gasteiger charge is -2.26. The quantitative estimate of drug-likeness (QED) is 0.462. The van der Waals surface area contributed by atoms with Gasteiger partial charge in [-0.2, -0.15) is 0 Å². The fourth-order valence-corrected chi connectivity index (χ4v) is 3.99. The van der Waals surface area contributed by atoms with Crippen LogP contribution in [0.5, 0.6) is 17.2 Å². The smallest absolute Gasteiger partial charge is 0.161 e. The van der Waals surface area contributed by atoms with E-state index in [1.54, 1.807) is 7.11 Å². The molecule has 0 unspecified atom stereocenters. The molecule has 0 amide bonds. The van der Waals surface area contributed by atoms with Gasteiger partial charge in [0, 0.05) is 24.0 Å². The fourth-order valence-electron chi connectivity index (χ4n) is 3.99. The molecule has 1 aliphatic rings. The maximum Gasteiger partial charge on any atom is 0.161 e. The number of methoxy groups -OCH3 is 1. The third-order valence-corrected chi connectivity index (χ3v) is 5.67. The van der Waals surface area contributed by atoms with Gasteiger partial charge < -0.3 is 19.5 Å². The molecule has 1 aliphatic heterocycles. The lowest BCUT2D eigenvalue weighted by molar-refractivity contribution is 0.0902. The molecule has 1 aromatic heterocycles. The molecule has 5 nitrogen and oxygen atoms in total. The maximum absolute atomic E-state index is 6.08. The molecule has 3 aromatic carbocycles. The summed E-state index contributed by atoms with van der Waals surface area (Å²) < 4.78 is 17.2. The summed E-state index contributed by atoms with van der Waals surface area (Å²) in [5.74, 6) is 2.44. The number of nitrogens with zero attached hydrogens (tertiary/aromatic N) is 1. The normalized spacial score (nSPS) is 15.0. The summed E-state index contributed by atoms with van der Waals surface area (Å²) in [5.41, 5.74) is 5.39. The largest absolute Gasteiger partial charge is 0.497 e. The highest BCUT2D eigenvalue weighted by Gasteiger charge is 2.20. The van der Waals surface area contributed by atoms with Gasteiger partial charge in [0.05, 0.1) is 18.3 Å². The third kappa shape index (κ3) is 4.25. The van der Waals surface area contributed by atoms with Gasteiger partial charge in [0.25, 0.3) is 0 Å². The number of pyridine rings is 1. The number of nitrogens with one attached hydrogen (secondary N) is 1. The van der Waals surface area contributed by atoms with Crippen molar-refractivity contribution in [2.45, 2.75) is 19.6 Å². The first-order valence-electron chi connectivity index (χ1n) is 10.8. The van der Waals surface area contributed by atoms with E-state index in [-0.39, 0.29) is 6.10 Å². The Morgan fingerprint density at radius 3 is 2.62 bits per heavy atom. The van der Waals surface area contributed by atoms with Crippen molar-refractivity contribution in [2.75, 3.05) is 20.3 Å². The minimum absolute atomic E-state index is 0.0367. The van der Waals surface area contributed by atoms with E-state index >= 15 is 0 Å². The number of ether oxygens (including phenoxy) is 3. The number of hydrogen-bond donors (Lipinski definition) is 1. The van der Waals surface area contributed by atoms with Gasteiger partial charge in [-0.25, -0.2) is 4.98 Å². The lowest BCUT2D eigenvalue weighted by Crippen LogP contribution is -2.38. The Balaban J connectivity index is 1.37. The van der Waals surface area contributed by atoms with Crippen molar-refractivity contribution in [1.29, 1.82) is 0 Å². The van der Waals surface area contributed by atoms with Gasteiger partial charge in [0.2, 0.25) is 0 Å². The van der Waals surface area contributed by atoms with E-state index in [4.69, 9.17) is 19.2 Å². The van der Waals surface area contributed by atoms with E-state index in [2.05, 4.69) is 48.6 Å². The summed E-state index contributed by atoms with van der Waals surface area (Å²) in [6, 6.07) is 24.5. The van der Waals surface area contributed by atoms with Gasteiger partial charge in [0.15, 0.2) is 11.5 Å². The fraction of sp³-hybridized carbons (Fsp3) is 0.222. The number of benzene rings is 3. The Hall–Kier alpha value is -3.57. The summed E-state index contributed by atoms with van der Waals surface area (Å²) in [7, 11) is 1.68. The second kappa shape index (κ2) is 8.89. The van der Waals surface area contributed by atoms with Crippen molar-refractivity contribution in [3.05, 3.63) is 83.9 Å². The molecule has 0 bridgehead atoms. The highest BCUT2D eigenvalue weighted by atomic mass is 16.6. The van der Waals surface area contributed by atoms with E-state index in [0.29, 0.717) is 19.7 Å². The molecular weight excluding hydrogens is 400 g/mol. The van der Waals surface area contributed by atoms with Crippen molar-refractivity contribution < 1.29 is 14.2 Å². The first kappa shape index (κ1) is 20.3. The Morgan fingerprint density at radius 1 is 1.00 bits per heavy atom. The first-order valence-corrected chi connectivity index (χ1v) is 10.8. The molecule has 1 N–H and O–H groups in total. The first-order chi connectivity index (χ1) is 15.7. The Bertz CT molecular complexity index is 1240. The summed E-state index contributed by atoms with van der Waals surface area (Å²) in [4.78, 5) is 5.02. The maximum atomic E-state index is 6.08. The molecule has 0 fully saturated rings. The van der Waals surface area contributed by atoms with Crippen molar-refractivity contribution in [1.82, 2.24) is 10.3 Å². The zero-order valence-corrected chi connectivity index (χ0v) is 18.3. The number of aryl methyl sites for hydroxylation is 1. The highest BCUT2D eigenvalue weighted by molar-refractivity contribution is 5.84. The van der Waals surface area contributed by atoms with Crippen molar-refractivity contribution in [3.63, 3.8) is 0 Å². The molecule has 0 saturated heterocycles. The van der Waals surface area contributed by atoms with Gasteiger partial charge in [-0.05, 0) is 66.6 Å². The Kier molecular flexibility index (Phi) is 5.65. The van der Waals surface area contributed by atoms with E-state index in [0.717, 1.165) is 45.0 Å². The zero-order valence-electron chi connectivity index (χ0n) is 18.3. The van der Waals surface area contributed by atoms with Crippen LogP contribution in [0.2, 0.25) is 0 Å². The molecule has 2 heterocycles. The topological polar surface area (TPSA) is 52.6 Å². The van der Waals surface area contributed by atoms with Crippen LogP contribution in [0.1, 0.15) is 11.1 Å². The molecule has 5 rings (SSSR count). The highest BCUT2D eigenvalue weighted by Crippen LogP contribution is 2.31. The Labute approximate surface area is 188 Å². The summed E-state index contributed by atoms with van der Waals surface area (Å²) in [6.45, 7) is 3.99. The third-order valence-electron chi connectivity index (χ3n) is 5.67. The standard InChI is InChI=1S/C27H26N2O3/c1-18-7-8-20-14-21(15-28-16-23-17-31-25-5-3-4-6-26(25)32-23)27(29-24(20)13-18)19-9-11-22(30-2)12-10-19/h3-14,23,28H,15-17H2,1-2H3/t23-/m1/s1. The van der Waals surface area contributed by atoms with Crippen LogP contribution < -0.4 is 19.5 Å². The zero-order chi connectivity index (χ0) is 21.9. The SMILES string of the molecule is COc1ccc(-c2nc3cc(C)ccc3cc2CNC[C@@H]2COc3ccccc3O2)cc1. The average molecular weight is 427 g/mol. The monoisotopic (exact) mass is 426 g/mol. The molecule has 0 aliphatic carbocycles. The summed E-state index contributed by atoms with van der Waals surface area (Å²) in [5, 5.41) is 4.68. The molecule has 4 aromatic rings. The van der Waals surface area contributed by atoms with Gasteiger partial charge in [-0.3, -0.25) is 0 Å². The number of hydrogen-bond acceptors (Lipinski definition) is 5. The van der Waals surface area contributed by atoms with Crippen LogP contribution in [0.4, 0.5) is 0 Å². The van der Waals surface area contributed by atoms with E-state index in [1.165, 1.54) is 5.56 Å². The summed E-state index contributed by atoms with van der Waals surface area (Å²) >= 11 is 0. The number of rotatable bonds is 6. The van der Waals surface area contributed by atoms with Crippen LogP contribution in [0.15, 0.2) is 72.8 Å². The predicted octanol–water partition coefficient (Wildman–Crippen LogP) is 5.15. The van der Waals surface area contributed by atoms with Crippen molar-refractivity contribution in [3.8, 4) is 28.5 Å². The second-order valence-electron chi connectivity index (χ2n) is 8.05. The van der Waals surface area contributed by atoms with Crippen LogP contribution >= 0.6 is 0 Å². The number of aromatic nitrogens is 1. The Morgan fingerprint density at radius 2 is 1.81 bits per heavy atom. The second-order valence-corrected chi connectivity index (χ2v) is 8.05. The van der Waals surface area contributed by atoms with E-state index in [1.807, 2.05) is 36.4 Å². The van der Waals surface area contributed by atoms with Gasteiger partial charge >= 0.3 is 0 Å². The van der Waals surface area contributed by atoms with E-state index < -0.39 is 0 Å². The van der Waals surface area contributed by atoms with Crippen LogP contribution in [0.25, 0.3) is 22.2 Å². The van der Waals surface area contributed by atoms with Gasteiger partial charge in [-0.1, -0.05) is 24.3 Å². The van der Waals surface area contributed by atoms with Crippen LogP contribution in [0.3, 0.4) is 0 Å². The van der Waals surface area contributed by atoms with Crippen LogP contribution in [0, 0.1) is 6.92 Å². The molecule has 32 heavy (non-hydrogen) atoms. The van der Waals surface area contributed by atoms with Gasteiger partial charge in [-0.15, -0.1) is 0 Å². The van der Waals surface area contributed by atoms with Crippen LogP contribution in [-0.2, 0) is 6.54 Å². The van der Waals surface area contributed by atoms with Crippen molar-refractivity contribution in [2.24, 2.45) is 0 Å². The lowest BCUT2D eigenvalue weighted by atomic mass is 10.0. The number of para-hydroxylation sites is 2. The average Bonchev–Trinajstić information content (AvgIpc) is 2.83. The number of fused-ring (bicyclic) bond motifs is 2. The molecule has 5 heteroatoms. The van der Waals surface area contributed by atoms with Gasteiger partial charge in [0.1, 0.15) is 18.5 Å². The van der Waals surface area contributed by atoms with Crippen molar-refractivity contribution >= 4 is 10.9 Å². The molecule has 0 spiro atoms. The van der Waals surface area contributed by atoms with Crippen LogP contribution in [-0.4, -0.2) is 31.3 Å². The molecule has 0 saturated carbocycles. The van der Waals surface area contributed by atoms with E-state index in [9.17, 15) is 0 Å². The molecule has 0 radical (unpaired) electrons. The predicted molar refractivity (Wildman–Crippen MR) is 127 cm³/mol. The molecular formula is C27H26N2O3.